The Kier molecular flexibility index (Phi) is 7.72. The van der Waals surface area contributed by atoms with Crippen LogP contribution in [0.15, 0.2) is 0 Å². The molecule has 1 rings (SSSR count). The molecule has 0 spiro atoms. The van der Waals surface area contributed by atoms with Gasteiger partial charge in [0.15, 0.2) is 0 Å². The fourth-order valence-corrected chi connectivity index (χ4v) is 1.83. The molecule has 0 aliphatic carbocycles. The van der Waals surface area contributed by atoms with Crippen molar-refractivity contribution in [3.63, 3.8) is 0 Å². The lowest BCUT2D eigenvalue weighted by Gasteiger charge is -2.18. The third-order valence-electron chi connectivity index (χ3n) is 2.88. The maximum atomic E-state index is 9.68. The fraction of sp³-hybridized carbons (Fsp3) is 1.00. The van der Waals surface area contributed by atoms with Crippen molar-refractivity contribution in [3.05, 3.63) is 0 Å². The number of hydrogen-bond donors (Lipinski definition) is 2. The first-order valence-corrected chi connectivity index (χ1v) is 6.42. The van der Waals surface area contributed by atoms with Gasteiger partial charge < -0.3 is 24.6 Å². The van der Waals surface area contributed by atoms with Gasteiger partial charge in [0.25, 0.3) is 0 Å². The van der Waals surface area contributed by atoms with E-state index in [0.29, 0.717) is 39.0 Å². The van der Waals surface area contributed by atoms with Gasteiger partial charge in [-0.15, -0.1) is 0 Å². The van der Waals surface area contributed by atoms with Crippen molar-refractivity contribution >= 4 is 0 Å². The van der Waals surface area contributed by atoms with E-state index in [-0.39, 0.29) is 6.10 Å². The van der Waals surface area contributed by atoms with Crippen LogP contribution in [0.3, 0.4) is 0 Å². The number of aliphatic hydroxyl groups is 1. The molecule has 0 radical (unpaired) electrons. The summed E-state index contributed by atoms with van der Waals surface area (Å²) in [5.41, 5.74) is 0. The van der Waals surface area contributed by atoms with E-state index in [2.05, 4.69) is 12.2 Å². The van der Waals surface area contributed by atoms with Gasteiger partial charge in [0.2, 0.25) is 0 Å². The van der Waals surface area contributed by atoms with E-state index in [1.807, 2.05) is 6.92 Å². The van der Waals surface area contributed by atoms with Gasteiger partial charge >= 0.3 is 0 Å². The maximum absolute atomic E-state index is 9.68. The van der Waals surface area contributed by atoms with Crippen LogP contribution in [0.2, 0.25) is 0 Å². The lowest BCUT2D eigenvalue weighted by atomic mass is 10.1. The smallest absolute Gasteiger partial charge is 0.0897 e. The fourth-order valence-electron chi connectivity index (χ4n) is 1.83. The van der Waals surface area contributed by atoms with E-state index in [0.717, 1.165) is 13.0 Å². The first kappa shape index (κ1) is 14.9. The SMILES string of the molecule is CCOCCOCC(O)CNC1CCOC1C. The highest BCUT2D eigenvalue weighted by Crippen LogP contribution is 2.12. The summed E-state index contributed by atoms with van der Waals surface area (Å²) in [7, 11) is 0. The lowest BCUT2D eigenvalue weighted by molar-refractivity contribution is 0.00490. The Labute approximate surface area is 103 Å². The molecule has 3 unspecified atom stereocenters. The molecular formula is C12H25NO4. The summed E-state index contributed by atoms with van der Waals surface area (Å²) < 4.78 is 15.9. The van der Waals surface area contributed by atoms with Gasteiger partial charge in [0.1, 0.15) is 0 Å². The first-order valence-electron chi connectivity index (χ1n) is 6.42. The molecule has 0 amide bonds. The molecule has 1 heterocycles. The molecule has 0 aromatic rings. The third kappa shape index (κ3) is 6.33. The van der Waals surface area contributed by atoms with Crippen LogP contribution >= 0.6 is 0 Å². The van der Waals surface area contributed by atoms with Crippen LogP contribution in [0.25, 0.3) is 0 Å². The molecule has 5 nitrogen and oxygen atoms in total. The number of ether oxygens (including phenoxy) is 3. The zero-order valence-electron chi connectivity index (χ0n) is 10.9. The van der Waals surface area contributed by atoms with Crippen LogP contribution in [0, 0.1) is 0 Å². The van der Waals surface area contributed by atoms with Crippen molar-refractivity contribution in [3.8, 4) is 0 Å². The Morgan fingerprint density at radius 2 is 2.18 bits per heavy atom. The molecule has 1 fully saturated rings. The van der Waals surface area contributed by atoms with Crippen LogP contribution in [0.5, 0.6) is 0 Å². The Hall–Kier alpha value is -0.200. The third-order valence-corrected chi connectivity index (χ3v) is 2.88. The van der Waals surface area contributed by atoms with E-state index >= 15 is 0 Å². The highest BCUT2D eigenvalue weighted by atomic mass is 16.5. The van der Waals surface area contributed by atoms with Crippen molar-refractivity contribution in [1.82, 2.24) is 5.32 Å². The topological polar surface area (TPSA) is 60.0 Å². The second-order valence-corrected chi connectivity index (χ2v) is 4.30. The van der Waals surface area contributed by atoms with E-state index in [4.69, 9.17) is 14.2 Å². The Morgan fingerprint density at radius 3 is 2.82 bits per heavy atom. The molecule has 1 aliphatic rings. The second-order valence-electron chi connectivity index (χ2n) is 4.30. The molecule has 2 N–H and O–H groups in total. The minimum Gasteiger partial charge on any atom is -0.389 e. The van der Waals surface area contributed by atoms with Crippen LogP contribution in [-0.2, 0) is 14.2 Å². The summed E-state index contributed by atoms with van der Waals surface area (Å²) in [5, 5.41) is 13.0. The van der Waals surface area contributed by atoms with Crippen molar-refractivity contribution < 1.29 is 19.3 Å². The molecule has 0 saturated carbocycles. The number of nitrogens with one attached hydrogen (secondary N) is 1. The molecule has 17 heavy (non-hydrogen) atoms. The first-order chi connectivity index (χ1) is 8.24. The van der Waals surface area contributed by atoms with Gasteiger partial charge in [-0.3, -0.25) is 0 Å². The summed E-state index contributed by atoms with van der Waals surface area (Å²) in [6, 6.07) is 0.355. The van der Waals surface area contributed by atoms with Gasteiger partial charge in [-0.05, 0) is 20.3 Å². The Bertz CT molecular complexity index is 191. The van der Waals surface area contributed by atoms with Gasteiger partial charge in [-0.25, -0.2) is 0 Å². The zero-order chi connectivity index (χ0) is 12.5. The average Bonchev–Trinajstić information content (AvgIpc) is 2.72. The standard InChI is InChI=1S/C12H25NO4/c1-3-15-6-7-16-9-11(14)8-13-12-4-5-17-10(12)2/h10-14H,3-9H2,1-2H3. The van der Waals surface area contributed by atoms with E-state index in [1.54, 1.807) is 0 Å². The lowest BCUT2D eigenvalue weighted by Crippen LogP contribution is -2.40. The Balaban J connectivity index is 1.95. The largest absolute Gasteiger partial charge is 0.389 e. The van der Waals surface area contributed by atoms with Crippen molar-refractivity contribution in [1.29, 1.82) is 0 Å². The predicted octanol–water partition coefficient (Wildman–Crippen LogP) is 0.167. The molecule has 0 aromatic carbocycles. The van der Waals surface area contributed by atoms with Crippen molar-refractivity contribution in [2.24, 2.45) is 0 Å². The second kappa shape index (κ2) is 8.83. The molecule has 1 saturated heterocycles. The molecule has 1 aliphatic heterocycles. The number of rotatable bonds is 9. The minimum atomic E-state index is -0.468. The van der Waals surface area contributed by atoms with Crippen LogP contribution in [-0.4, -0.2) is 62.9 Å². The van der Waals surface area contributed by atoms with Crippen LogP contribution < -0.4 is 5.32 Å². The highest BCUT2D eigenvalue weighted by Gasteiger charge is 2.23. The summed E-state index contributed by atoms with van der Waals surface area (Å²) in [5.74, 6) is 0. The summed E-state index contributed by atoms with van der Waals surface area (Å²) >= 11 is 0. The normalized spacial score (nSPS) is 26.3. The van der Waals surface area contributed by atoms with Gasteiger partial charge in [0.05, 0.1) is 32.0 Å². The van der Waals surface area contributed by atoms with E-state index in [9.17, 15) is 5.11 Å². The zero-order valence-corrected chi connectivity index (χ0v) is 10.9. The average molecular weight is 247 g/mol. The van der Waals surface area contributed by atoms with E-state index < -0.39 is 6.10 Å². The van der Waals surface area contributed by atoms with Crippen molar-refractivity contribution in [2.45, 2.75) is 38.5 Å². The number of hydrogen-bond acceptors (Lipinski definition) is 5. The molecule has 0 aromatic heterocycles. The van der Waals surface area contributed by atoms with Crippen LogP contribution in [0.1, 0.15) is 20.3 Å². The molecule has 0 bridgehead atoms. The van der Waals surface area contributed by atoms with Crippen molar-refractivity contribution in [2.75, 3.05) is 39.6 Å². The quantitative estimate of drug-likeness (QED) is 0.569. The molecular weight excluding hydrogens is 222 g/mol. The summed E-state index contributed by atoms with van der Waals surface area (Å²) in [6.07, 6.45) is 0.782. The van der Waals surface area contributed by atoms with Crippen LogP contribution in [0.4, 0.5) is 0 Å². The maximum Gasteiger partial charge on any atom is 0.0897 e. The molecule has 5 heteroatoms. The molecule has 102 valence electrons. The minimum absolute atomic E-state index is 0.237. The monoisotopic (exact) mass is 247 g/mol. The molecule has 3 atom stereocenters. The summed E-state index contributed by atoms with van der Waals surface area (Å²) in [4.78, 5) is 0. The van der Waals surface area contributed by atoms with Gasteiger partial charge in [0, 0.05) is 25.8 Å². The van der Waals surface area contributed by atoms with Gasteiger partial charge in [-0.1, -0.05) is 0 Å². The predicted molar refractivity (Wildman–Crippen MR) is 65.1 cm³/mol. The number of aliphatic hydroxyl groups excluding tert-OH is 1. The Morgan fingerprint density at radius 1 is 1.41 bits per heavy atom. The van der Waals surface area contributed by atoms with E-state index in [1.165, 1.54) is 0 Å². The highest BCUT2D eigenvalue weighted by molar-refractivity contribution is 4.79. The van der Waals surface area contributed by atoms with Gasteiger partial charge in [-0.2, -0.15) is 0 Å². The summed E-state index contributed by atoms with van der Waals surface area (Å²) in [6.45, 7) is 7.53.